The van der Waals surface area contributed by atoms with E-state index in [1.807, 2.05) is 24.3 Å². The standard InChI is InChI=1S/C14H15N3O2/c1-2-10-5-3-4-6-12(10)16-8-13-11(14(18)19)7-15-9-17-13/h3-7,9,16H,2,8H2,1H3,(H,18,19). The van der Waals surface area contributed by atoms with Crippen molar-refractivity contribution in [3.63, 3.8) is 0 Å². The number of carboxylic acids is 1. The zero-order chi connectivity index (χ0) is 13.7. The number of aromatic carboxylic acids is 1. The van der Waals surface area contributed by atoms with Gasteiger partial charge in [-0.15, -0.1) is 0 Å². The largest absolute Gasteiger partial charge is 0.478 e. The van der Waals surface area contributed by atoms with Crippen LogP contribution in [0.25, 0.3) is 0 Å². The highest BCUT2D eigenvalue weighted by Gasteiger charge is 2.11. The van der Waals surface area contributed by atoms with E-state index >= 15 is 0 Å². The molecule has 0 aliphatic carbocycles. The van der Waals surface area contributed by atoms with Crippen LogP contribution >= 0.6 is 0 Å². The molecule has 98 valence electrons. The fraction of sp³-hybridized carbons (Fsp3) is 0.214. The molecular formula is C14H15N3O2. The first-order chi connectivity index (χ1) is 9.22. The molecule has 2 N–H and O–H groups in total. The number of hydrogen-bond acceptors (Lipinski definition) is 4. The number of aromatic nitrogens is 2. The van der Waals surface area contributed by atoms with Gasteiger partial charge in [0.05, 0.1) is 12.2 Å². The molecule has 0 atom stereocenters. The van der Waals surface area contributed by atoms with Crippen molar-refractivity contribution in [2.24, 2.45) is 0 Å². The number of anilines is 1. The zero-order valence-corrected chi connectivity index (χ0v) is 10.6. The smallest absolute Gasteiger partial charge is 0.339 e. The highest BCUT2D eigenvalue weighted by molar-refractivity contribution is 5.88. The number of carboxylic acid groups (broad SMARTS) is 1. The Balaban J connectivity index is 2.17. The van der Waals surface area contributed by atoms with Crippen LogP contribution in [0.4, 0.5) is 5.69 Å². The molecule has 0 amide bonds. The van der Waals surface area contributed by atoms with Crippen LogP contribution in [0.3, 0.4) is 0 Å². The van der Waals surface area contributed by atoms with Gasteiger partial charge in [-0.25, -0.2) is 14.8 Å². The van der Waals surface area contributed by atoms with Crippen molar-refractivity contribution in [1.82, 2.24) is 9.97 Å². The molecular weight excluding hydrogens is 242 g/mol. The number of hydrogen-bond donors (Lipinski definition) is 2. The fourth-order valence-electron chi connectivity index (χ4n) is 1.85. The first-order valence-electron chi connectivity index (χ1n) is 6.06. The summed E-state index contributed by atoms with van der Waals surface area (Å²) in [7, 11) is 0. The Bertz CT molecular complexity index is 584. The van der Waals surface area contributed by atoms with E-state index in [0.717, 1.165) is 12.1 Å². The van der Waals surface area contributed by atoms with Crippen molar-refractivity contribution in [2.45, 2.75) is 19.9 Å². The van der Waals surface area contributed by atoms with E-state index in [0.29, 0.717) is 12.2 Å². The highest BCUT2D eigenvalue weighted by atomic mass is 16.4. The molecule has 2 rings (SSSR count). The topological polar surface area (TPSA) is 75.1 Å². The zero-order valence-electron chi connectivity index (χ0n) is 10.6. The Morgan fingerprint density at radius 1 is 1.37 bits per heavy atom. The molecule has 1 aromatic heterocycles. The van der Waals surface area contributed by atoms with Crippen molar-refractivity contribution in [3.8, 4) is 0 Å². The van der Waals surface area contributed by atoms with E-state index in [-0.39, 0.29) is 5.56 Å². The molecule has 0 fully saturated rings. The summed E-state index contributed by atoms with van der Waals surface area (Å²) in [5.74, 6) is -1.01. The lowest BCUT2D eigenvalue weighted by Gasteiger charge is -2.11. The van der Waals surface area contributed by atoms with E-state index in [2.05, 4.69) is 22.2 Å². The first kappa shape index (κ1) is 13.0. The van der Waals surface area contributed by atoms with Crippen LogP contribution in [0, 0.1) is 0 Å². The van der Waals surface area contributed by atoms with Gasteiger partial charge in [0.15, 0.2) is 0 Å². The van der Waals surface area contributed by atoms with E-state index < -0.39 is 5.97 Å². The number of rotatable bonds is 5. The predicted octanol–water partition coefficient (Wildman–Crippen LogP) is 2.35. The third-order valence-corrected chi connectivity index (χ3v) is 2.87. The SMILES string of the molecule is CCc1ccccc1NCc1ncncc1C(=O)O. The lowest BCUT2D eigenvalue weighted by Crippen LogP contribution is -2.10. The highest BCUT2D eigenvalue weighted by Crippen LogP contribution is 2.16. The van der Waals surface area contributed by atoms with Gasteiger partial charge in [0, 0.05) is 11.9 Å². The summed E-state index contributed by atoms with van der Waals surface area (Å²) in [5, 5.41) is 12.3. The molecule has 1 heterocycles. The summed E-state index contributed by atoms with van der Waals surface area (Å²) in [6.45, 7) is 2.44. The van der Waals surface area contributed by atoms with Gasteiger partial charge in [-0.1, -0.05) is 25.1 Å². The number of benzene rings is 1. The first-order valence-corrected chi connectivity index (χ1v) is 6.06. The molecule has 0 saturated carbocycles. The van der Waals surface area contributed by atoms with Crippen molar-refractivity contribution < 1.29 is 9.90 Å². The number of para-hydroxylation sites is 1. The Hall–Kier alpha value is -2.43. The molecule has 1 aromatic carbocycles. The van der Waals surface area contributed by atoms with Gasteiger partial charge in [0.1, 0.15) is 11.9 Å². The number of carbonyl (C=O) groups is 1. The lowest BCUT2D eigenvalue weighted by atomic mass is 10.1. The Morgan fingerprint density at radius 3 is 2.89 bits per heavy atom. The molecule has 0 saturated heterocycles. The van der Waals surface area contributed by atoms with Crippen molar-refractivity contribution >= 4 is 11.7 Å². The van der Waals surface area contributed by atoms with Crippen molar-refractivity contribution in [1.29, 1.82) is 0 Å². The normalized spacial score (nSPS) is 10.2. The van der Waals surface area contributed by atoms with Crippen LogP contribution in [0.15, 0.2) is 36.8 Å². The van der Waals surface area contributed by atoms with Crippen LogP contribution < -0.4 is 5.32 Å². The second-order valence-electron chi connectivity index (χ2n) is 4.05. The lowest BCUT2D eigenvalue weighted by molar-refractivity contribution is 0.0694. The second kappa shape index (κ2) is 5.95. The van der Waals surface area contributed by atoms with E-state index in [1.54, 1.807) is 0 Å². The fourth-order valence-corrected chi connectivity index (χ4v) is 1.85. The average molecular weight is 257 g/mol. The number of aryl methyl sites for hydroxylation is 1. The molecule has 0 aliphatic heterocycles. The second-order valence-corrected chi connectivity index (χ2v) is 4.05. The van der Waals surface area contributed by atoms with E-state index in [4.69, 9.17) is 5.11 Å². The summed E-state index contributed by atoms with van der Waals surface area (Å²) < 4.78 is 0. The summed E-state index contributed by atoms with van der Waals surface area (Å²) in [4.78, 5) is 18.8. The summed E-state index contributed by atoms with van der Waals surface area (Å²) in [6.07, 6.45) is 3.59. The van der Waals surface area contributed by atoms with E-state index in [1.165, 1.54) is 18.1 Å². The maximum absolute atomic E-state index is 11.0. The summed E-state index contributed by atoms with van der Waals surface area (Å²) >= 11 is 0. The maximum Gasteiger partial charge on any atom is 0.339 e. The minimum Gasteiger partial charge on any atom is -0.478 e. The molecule has 0 bridgehead atoms. The van der Waals surface area contributed by atoms with Crippen LogP contribution in [-0.4, -0.2) is 21.0 Å². The Morgan fingerprint density at radius 2 is 2.16 bits per heavy atom. The predicted molar refractivity (Wildman–Crippen MR) is 72.1 cm³/mol. The monoisotopic (exact) mass is 257 g/mol. The number of nitrogens with one attached hydrogen (secondary N) is 1. The van der Waals surface area contributed by atoms with Gasteiger partial charge in [0.25, 0.3) is 0 Å². The molecule has 19 heavy (non-hydrogen) atoms. The van der Waals surface area contributed by atoms with Crippen LogP contribution in [0.2, 0.25) is 0 Å². The molecule has 0 aliphatic rings. The molecule has 5 heteroatoms. The van der Waals surface area contributed by atoms with Crippen molar-refractivity contribution in [3.05, 3.63) is 53.6 Å². The summed E-state index contributed by atoms with van der Waals surface area (Å²) in [5.41, 5.74) is 2.80. The third-order valence-electron chi connectivity index (χ3n) is 2.87. The van der Waals surface area contributed by atoms with Crippen LogP contribution in [-0.2, 0) is 13.0 Å². The van der Waals surface area contributed by atoms with Gasteiger partial charge in [0.2, 0.25) is 0 Å². The van der Waals surface area contributed by atoms with Crippen molar-refractivity contribution in [2.75, 3.05) is 5.32 Å². The van der Waals surface area contributed by atoms with Crippen LogP contribution in [0.1, 0.15) is 28.5 Å². The molecule has 0 unspecified atom stereocenters. The molecule has 0 spiro atoms. The van der Waals surface area contributed by atoms with E-state index in [9.17, 15) is 4.79 Å². The third kappa shape index (κ3) is 3.07. The molecule has 0 radical (unpaired) electrons. The van der Waals surface area contributed by atoms with Gasteiger partial charge in [-0.3, -0.25) is 0 Å². The van der Waals surface area contributed by atoms with Gasteiger partial charge < -0.3 is 10.4 Å². The maximum atomic E-state index is 11.0. The van der Waals surface area contributed by atoms with Gasteiger partial charge in [-0.2, -0.15) is 0 Å². The molecule has 2 aromatic rings. The molecule has 5 nitrogen and oxygen atoms in total. The van der Waals surface area contributed by atoms with Crippen LogP contribution in [0.5, 0.6) is 0 Å². The Labute approximate surface area is 111 Å². The summed E-state index contributed by atoms with van der Waals surface area (Å²) in [6, 6.07) is 7.94. The Kier molecular flexibility index (Phi) is 4.07. The quantitative estimate of drug-likeness (QED) is 0.860. The van der Waals surface area contributed by atoms with Gasteiger partial charge >= 0.3 is 5.97 Å². The average Bonchev–Trinajstić information content (AvgIpc) is 2.45. The minimum absolute atomic E-state index is 0.129. The minimum atomic E-state index is -1.01. The number of nitrogens with zero attached hydrogens (tertiary/aromatic N) is 2. The van der Waals surface area contributed by atoms with Gasteiger partial charge in [-0.05, 0) is 18.1 Å².